The lowest BCUT2D eigenvalue weighted by atomic mass is 10.1. The molecule has 0 amide bonds. The molecule has 0 spiro atoms. The lowest BCUT2D eigenvalue weighted by Crippen LogP contribution is -2.09. The van der Waals surface area contributed by atoms with E-state index in [2.05, 4.69) is 165 Å². The van der Waals surface area contributed by atoms with Crippen molar-refractivity contribution in [2.45, 2.75) is 40.7 Å². The molecule has 6 aromatic carbocycles. The van der Waals surface area contributed by atoms with Crippen LogP contribution in [0.5, 0.6) is 0 Å². The number of nitrogens with zero attached hydrogens (tertiary/aromatic N) is 2. The second-order valence-corrected chi connectivity index (χ2v) is 11.5. The summed E-state index contributed by atoms with van der Waals surface area (Å²) in [7, 11) is 0. The van der Waals surface area contributed by atoms with Gasteiger partial charge in [0.2, 0.25) is 0 Å². The van der Waals surface area contributed by atoms with E-state index in [0.717, 1.165) is 11.4 Å². The van der Waals surface area contributed by atoms with E-state index in [-0.39, 0.29) is 0 Å². The van der Waals surface area contributed by atoms with Gasteiger partial charge in [0, 0.05) is 44.9 Å². The maximum absolute atomic E-state index is 2.45. The maximum atomic E-state index is 2.45. The molecule has 7 rings (SSSR count). The lowest BCUT2D eigenvalue weighted by Gasteiger charge is -2.25. The predicted octanol–water partition coefficient (Wildman–Crippen LogP) is 12.1. The Morgan fingerprint density at radius 1 is 0.409 bits per heavy atom. The van der Waals surface area contributed by atoms with Crippen molar-refractivity contribution in [2.24, 2.45) is 0 Å². The van der Waals surface area contributed by atoms with Crippen molar-refractivity contribution in [2.75, 3.05) is 4.90 Å². The normalized spacial score (nSPS) is 10.6. The van der Waals surface area contributed by atoms with Crippen LogP contribution in [0.3, 0.4) is 0 Å². The average molecular weight is 575 g/mol. The van der Waals surface area contributed by atoms with Crippen LogP contribution in [-0.2, 0) is 0 Å². The lowest BCUT2D eigenvalue weighted by molar-refractivity contribution is 0.642. The minimum Gasteiger partial charge on any atom is -0.338 e. The molecule has 0 fully saturated rings. The van der Waals surface area contributed by atoms with Crippen molar-refractivity contribution in [3.63, 3.8) is 0 Å². The van der Waals surface area contributed by atoms with Crippen molar-refractivity contribution in [3.8, 4) is 0 Å². The Morgan fingerprint density at radius 3 is 1.23 bits per heavy atom. The molecule has 7 aromatic rings. The molecule has 0 N–H and O–H groups in total. The summed E-state index contributed by atoms with van der Waals surface area (Å²) in [5.74, 6) is 0. The van der Waals surface area contributed by atoms with E-state index in [1.54, 1.807) is 0 Å². The predicted molar refractivity (Wildman–Crippen MR) is 192 cm³/mol. The molecule has 0 saturated heterocycles. The number of hydrogen-bond acceptors (Lipinski definition) is 1. The van der Waals surface area contributed by atoms with Crippen LogP contribution in [0.15, 0.2) is 158 Å². The second kappa shape index (κ2) is 14.4. The molecule has 0 aliphatic rings. The zero-order chi connectivity index (χ0) is 30.9. The van der Waals surface area contributed by atoms with Crippen molar-refractivity contribution in [1.82, 2.24) is 4.57 Å². The fourth-order valence-electron chi connectivity index (χ4n) is 5.52. The first-order valence-electron chi connectivity index (χ1n) is 15.4. The fourth-order valence-corrected chi connectivity index (χ4v) is 5.52. The third-order valence-corrected chi connectivity index (χ3v) is 7.63. The summed E-state index contributed by atoms with van der Waals surface area (Å²) in [4.78, 5) is 2.33. The number of hydrogen-bond donors (Lipinski definition) is 0. The van der Waals surface area contributed by atoms with Crippen LogP contribution in [0.2, 0.25) is 0 Å². The summed E-state index contributed by atoms with van der Waals surface area (Å²) in [6.45, 7) is 10.8. The van der Waals surface area contributed by atoms with E-state index in [9.17, 15) is 0 Å². The van der Waals surface area contributed by atoms with Gasteiger partial charge in [-0.15, -0.1) is 0 Å². The highest BCUT2D eigenvalue weighted by atomic mass is 15.1. The summed E-state index contributed by atoms with van der Waals surface area (Å²) < 4.78 is 2.45. The minimum atomic E-state index is 0.401. The molecule has 0 atom stereocenters. The Hall–Kier alpha value is -5.08. The molecule has 1 heterocycles. The van der Waals surface area contributed by atoms with Gasteiger partial charge in [0.05, 0.1) is 0 Å². The van der Waals surface area contributed by atoms with Gasteiger partial charge in [-0.05, 0) is 89.2 Å². The number of anilines is 3. The third-order valence-electron chi connectivity index (χ3n) is 7.63. The van der Waals surface area contributed by atoms with Crippen LogP contribution in [0, 0.1) is 20.8 Å². The molecular formula is C42H42N2. The van der Waals surface area contributed by atoms with Gasteiger partial charge in [-0.1, -0.05) is 120 Å². The molecule has 2 heteroatoms. The molecule has 1 aromatic heterocycles. The van der Waals surface area contributed by atoms with Gasteiger partial charge in [-0.3, -0.25) is 0 Å². The van der Waals surface area contributed by atoms with Crippen LogP contribution in [0.4, 0.5) is 17.1 Å². The number of aromatic nitrogens is 1. The summed E-state index contributed by atoms with van der Waals surface area (Å²) in [5, 5.41) is 2.62. The topological polar surface area (TPSA) is 8.17 Å². The average Bonchev–Trinajstić information content (AvgIpc) is 3.37. The minimum absolute atomic E-state index is 0.401. The van der Waals surface area contributed by atoms with Crippen molar-refractivity contribution < 1.29 is 0 Å². The molecule has 220 valence electrons. The number of rotatable bonds is 4. The maximum Gasteiger partial charge on any atom is 0.0495 e. The van der Waals surface area contributed by atoms with Crippen molar-refractivity contribution in [3.05, 3.63) is 174 Å². The van der Waals surface area contributed by atoms with Gasteiger partial charge >= 0.3 is 0 Å². The van der Waals surface area contributed by atoms with E-state index in [4.69, 9.17) is 0 Å². The molecule has 0 bridgehead atoms. The smallest absolute Gasteiger partial charge is 0.0495 e. The Bertz CT molecular complexity index is 1810. The summed E-state index contributed by atoms with van der Waals surface area (Å²) >= 11 is 0. The van der Waals surface area contributed by atoms with Crippen molar-refractivity contribution in [1.29, 1.82) is 0 Å². The highest BCUT2D eigenvalue weighted by Crippen LogP contribution is 2.39. The van der Waals surface area contributed by atoms with E-state index in [0.29, 0.717) is 6.04 Å². The fraction of sp³-hybridized carbons (Fsp3) is 0.143. The van der Waals surface area contributed by atoms with Crippen LogP contribution < -0.4 is 4.90 Å². The molecule has 0 aliphatic carbocycles. The zero-order valence-corrected chi connectivity index (χ0v) is 26.5. The summed E-state index contributed by atoms with van der Waals surface area (Å²) in [6.07, 6.45) is 0. The van der Waals surface area contributed by atoms with Crippen LogP contribution in [-0.4, -0.2) is 4.57 Å². The summed E-state index contributed by atoms with van der Waals surface area (Å²) in [6, 6.07) is 55.7. The number of benzene rings is 6. The van der Waals surface area contributed by atoms with Gasteiger partial charge in [-0.25, -0.2) is 0 Å². The van der Waals surface area contributed by atoms with Gasteiger partial charge in [0.25, 0.3) is 0 Å². The van der Waals surface area contributed by atoms with Crippen molar-refractivity contribution >= 4 is 38.9 Å². The Morgan fingerprint density at radius 2 is 0.818 bits per heavy atom. The van der Waals surface area contributed by atoms with E-state index < -0.39 is 0 Å². The van der Waals surface area contributed by atoms with Gasteiger partial charge < -0.3 is 9.47 Å². The number of fused-ring (bicyclic) bond motifs is 3. The van der Waals surface area contributed by atoms with E-state index >= 15 is 0 Å². The summed E-state index contributed by atoms with van der Waals surface area (Å²) in [5.41, 5.74) is 10.0. The molecule has 0 aliphatic heterocycles. The van der Waals surface area contributed by atoms with E-state index in [1.807, 2.05) is 36.4 Å². The highest BCUT2D eigenvalue weighted by Gasteiger charge is 2.17. The Labute approximate surface area is 262 Å². The quantitative estimate of drug-likeness (QED) is 0.203. The monoisotopic (exact) mass is 574 g/mol. The zero-order valence-electron chi connectivity index (χ0n) is 26.5. The Kier molecular flexibility index (Phi) is 9.94. The van der Waals surface area contributed by atoms with Crippen LogP contribution >= 0.6 is 0 Å². The van der Waals surface area contributed by atoms with Gasteiger partial charge in [0.15, 0.2) is 0 Å². The molecule has 2 nitrogen and oxygen atoms in total. The first kappa shape index (κ1) is 30.4. The third kappa shape index (κ3) is 7.27. The SMILES string of the molecule is Cc1ccc2c(c1)c1cc(N(c3ccccc3)c3ccccc3)ccc1n2C(C)C.Cc1ccccc1.Cc1ccccc1. The molecule has 0 saturated carbocycles. The number of aryl methyl sites for hydroxylation is 3. The van der Waals surface area contributed by atoms with Gasteiger partial charge in [-0.2, -0.15) is 0 Å². The second-order valence-electron chi connectivity index (χ2n) is 11.5. The number of para-hydroxylation sites is 2. The van der Waals surface area contributed by atoms with Gasteiger partial charge in [0.1, 0.15) is 0 Å². The van der Waals surface area contributed by atoms with E-state index in [1.165, 1.54) is 44.2 Å². The first-order valence-corrected chi connectivity index (χ1v) is 15.4. The first-order chi connectivity index (χ1) is 21.4. The van der Waals surface area contributed by atoms with Crippen LogP contribution in [0.1, 0.15) is 36.6 Å². The molecule has 0 unspecified atom stereocenters. The largest absolute Gasteiger partial charge is 0.338 e. The standard InChI is InChI=1S/C28H26N2.2C7H8/c1-20(2)29-27-16-14-21(3)18-25(27)26-19-24(15-17-28(26)29)30(22-10-6-4-7-11-22)23-12-8-5-9-13-23;2*1-7-5-3-2-4-6-7/h4-20H,1-3H3;2*2-6H,1H3. The molecule has 0 radical (unpaired) electrons. The molecular weight excluding hydrogens is 532 g/mol. The Balaban J connectivity index is 0.000000225. The van der Waals surface area contributed by atoms with Crippen LogP contribution in [0.25, 0.3) is 21.8 Å². The highest BCUT2D eigenvalue weighted by molar-refractivity contribution is 6.10. The molecule has 44 heavy (non-hydrogen) atoms.